The smallest absolute Gasteiger partial charge is 0.330 e. The molecule has 28 heavy (non-hydrogen) atoms. The molecule has 0 aromatic heterocycles. The first-order valence-corrected chi connectivity index (χ1v) is 9.88. The Morgan fingerprint density at radius 3 is 2.54 bits per heavy atom. The van der Waals surface area contributed by atoms with E-state index in [2.05, 4.69) is 4.74 Å². The molecule has 3 saturated heterocycles. The summed E-state index contributed by atoms with van der Waals surface area (Å²) in [6.07, 6.45) is 1.89. The lowest BCUT2D eigenvalue weighted by Gasteiger charge is -2.37. The van der Waals surface area contributed by atoms with E-state index in [9.17, 15) is 9.90 Å². The van der Waals surface area contributed by atoms with Crippen molar-refractivity contribution in [3.63, 3.8) is 0 Å². The molecule has 160 valence electrons. The Balaban J connectivity index is 1.61. The lowest BCUT2D eigenvalue weighted by molar-refractivity contribution is -0.231. The predicted molar refractivity (Wildman–Crippen MR) is 98.3 cm³/mol. The van der Waals surface area contributed by atoms with E-state index in [1.807, 2.05) is 13.8 Å². The van der Waals surface area contributed by atoms with Gasteiger partial charge in [0.05, 0.1) is 44.2 Å². The average molecular weight is 400 g/mol. The third kappa shape index (κ3) is 4.93. The van der Waals surface area contributed by atoms with Crippen molar-refractivity contribution in [3.8, 4) is 0 Å². The van der Waals surface area contributed by atoms with Gasteiger partial charge >= 0.3 is 5.97 Å². The predicted octanol–water partition coefficient (Wildman–Crippen LogP) is 1.40. The molecule has 0 amide bonds. The number of hydrogen-bond donors (Lipinski definition) is 1. The molecule has 0 saturated carbocycles. The van der Waals surface area contributed by atoms with Crippen molar-refractivity contribution in [2.75, 3.05) is 20.8 Å². The summed E-state index contributed by atoms with van der Waals surface area (Å²) in [5.41, 5.74) is 0.856. The van der Waals surface area contributed by atoms with Crippen LogP contribution >= 0.6 is 0 Å². The number of hydrogen-bond acceptors (Lipinski definition) is 8. The van der Waals surface area contributed by atoms with E-state index in [0.29, 0.717) is 13.0 Å². The zero-order valence-corrected chi connectivity index (χ0v) is 17.2. The van der Waals surface area contributed by atoms with Crippen LogP contribution in [-0.4, -0.2) is 75.0 Å². The van der Waals surface area contributed by atoms with Gasteiger partial charge in [-0.25, -0.2) is 4.79 Å². The summed E-state index contributed by atoms with van der Waals surface area (Å²) in [5.74, 6) is -0.177. The molecule has 1 N–H and O–H groups in total. The Morgan fingerprint density at radius 1 is 1.18 bits per heavy atom. The molecule has 8 heteroatoms. The zero-order valence-electron chi connectivity index (χ0n) is 17.2. The van der Waals surface area contributed by atoms with Gasteiger partial charge < -0.3 is 33.5 Å². The molecule has 3 rings (SSSR count). The quantitative estimate of drug-likeness (QED) is 0.371. The van der Waals surface area contributed by atoms with Crippen LogP contribution in [0.5, 0.6) is 0 Å². The van der Waals surface area contributed by atoms with Crippen LogP contribution in [0.2, 0.25) is 0 Å². The van der Waals surface area contributed by atoms with Crippen LogP contribution < -0.4 is 0 Å². The Bertz CT molecular complexity index is 577. The van der Waals surface area contributed by atoms with Crippen LogP contribution in [0.25, 0.3) is 0 Å². The summed E-state index contributed by atoms with van der Waals surface area (Å²) < 4.78 is 33.7. The van der Waals surface area contributed by atoms with Gasteiger partial charge in [-0.1, -0.05) is 12.5 Å². The molecule has 3 heterocycles. The summed E-state index contributed by atoms with van der Waals surface area (Å²) >= 11 is 0. The summed E-state index contributed by atoms with van der Waals surface area (Å²) in [7, 11) is 2.90. The molecule has 3 aliphatic heterocycles. The fourth-order valence-electron chi connectivity index (χ4n) is 4.07. The minimum Gasteiger partial charge on any atom is -0.466 e. The third-order valence-corrected chi connectivity index (χ3v) is 5.93. The van der Waals surface area contributed by atoms with Crippen LogP contribution in [0.15, 0.2) is 11.6 Å². The molecular formula is C20H32O8. The first-order valence-electron chi connectivity index (χ1n) is 9.88. The Hall–Kier alpha value is -1.03. The minimum absolute atomic E-state index is 0.0713. The Morgan fingerprint density at radius 2 is 1.89 bits per heavy atom. The topological polar surface area (TPSA) is 96.0 Å². The van der Waals surface area contributed by atoms with Gasteiger partial charge in [0.15, 0.2) is 0 Å². The van der Waals surface area contributed by atoms with Gasteiger partial charge in [-0.2, -0.15) is 0 Å². The second-order valence-electron chi connectivity index (χ2n) is 8.05. The minimum atomic E-state index is -0.723. The highest BCUT2D eigenvalue weighted by atomic mass is 16.9. The molecule has 0 aliphatic carbocycles. The van der Waals surface area contributed by atoms with Crippen molar-refractivity contribution in [1.29, 1.82) is 0 Å². The SMILES string of the molecule is COC(=O)/C=C(\C)C[C@@H]1OC[C@H](C[C@@H]2O[C@H]2[C@@H](C)[C@H](C)O)[C@H]2OC(OC)O[C@H]21. The molecule has 9 atom stereocenters. The van der Waals surface area contributed by atoms with Crippen molar-refractivity contribution in [1.82, 2.24) is 0 Å². The van der Waals surface area contributed by atoms with Crippen molar-refractivity contribution in [2.45, 2.75) is 76.7 Å². The highest BCUT2D eigenvalue weighted by molar-refractivity contribution is 5.82. The highest BCUT2D eigenvalue weighted by Gasteiger charge is 2.53. The molecule has 3 aliphatic rings. The molecule has 0 spiro atoms. The van der Waals surface area contributed by atoms with E-state index < -0.39 is 12.6 Å². The number of rotatable bonds is 8. The second-order valence-corrected chi connectivity index (χ2v) is 8.05. The van der Waals surface area contributed by atoms with Crippen molar-refractivity contribution in [2.24, 2.45) is 11.8 Å². The van der Waals surface area contributed by atoms with Crippen LogP contribution in [0.4, 0.5) is 0 Å². The number of aliphatic hydroxyl groups is 1. The number of carbonyl (C=O) groups is 1. The van der Waals surface area contributed by atoms with E-state index >= 15 is 0 Å². The van der Waals surface area contributed by atoms with Crippen molar-refractivity contribution in [3.05, 3.63) is 11.6 Å². The lowest BCUT2D eigenvalue weighted by Crippen LogP contribution is -2.48. The summed E-state index contributed by atoms with van der Waals surface area (Å²) in [4.78, 5) is 11.5. The molecule has 8 nitrogen and oxygen atoms in total. The summed E-state index contributed by atoms with van der Waals surface area (Å²) in [5, 5.41) is 9.77. The van der Waals surface area contributed by atoms with Gasteiger partial charge in [0, 0.05) is 25.0 Å². The number of fused-ring (bicyclic) bond motifs is 1. The standard InChI is InChI=1S/C20H32O8/c1-10(7-16(22)23-4)6-14-19-18(27-20(24-5)28-19)13(9-25-14)8-15-17(26-15)11(2)12(3)21/h7,11-15,17-21H,6,8-9H2,1-5H3/b10-7+/t11-,12-,13-,14-,15-,17-,18+,19-,20?/m0/s1. The average Bonchev–Trinajstić information content (AvgIpc) is 3.28. The Kier molecular flexibility index (Phi) is 7.12. The Labute approximate surface area is 166 Å². The van der Waals surface area contributed by atoms with Crippen molar-refractivity contribution < 1.29 is 38.3 Å². The number of carbonyl (C=O) groups excluding carboxylic acids is 1. The summed E-state index contributed by atoms with van der Waals surface area (Å²) in [6.45, 7) is 5.45. The maximum atomic E-state index is 11.5. The molecular weight excluding hydrogens is 368 g/mol. The largest absolute Gasteiger partial charge is 0.466 e. The molecule has 1 unspecified atom stereocenters. The maximum Gasteiger partial charge on any atom is 0.330 e. The first kappa shape index (κ1) is 21.7. The van der Waals surface area contributed by atoms with E-state index in [-0.39, 0.29) is 48.3 Å². The second kappa shape index (κ2) is 9.19. The van der Waals surface area contributed by atoms with Crippen LogP contribution in [0.3, 0.4) is 0 Å². The number of ether oxygens (including phenoxy) is 6. The third-order valence-electron chi connectivity index (χ3n) is 5.93. The monoisotopic (exact) mass is 400 g/mol. The van der Waals surface area contributed by atoms with Gasteiger partial charge in [0.25, 0.3) is 6.48 Å². The van der Waals surface area contributed by atoms with Crippen molar-refractivity contribution >= 4 is 5.97 Å². The highest BCUT2D eigenvalue weighted by Crippen LogP contribution is 2.42. The number of methoxy groups -OCH3 is 2. The number of esters is 1. The molecule has 0 radical (unpaired) electrons. The lowest BCUT2D eigenvalue weighted by atomic mass is 9.85. The molecule has 0 bridgehead atoms. The van der Waals surface area contributed by atoms with Gasteiger partial charge in [-0.15, -0.1) is 0 Å². The fourth-order valence-corrected chi connectivity index (χ4v) is 4.07. The molecule has 3 fully saturated rings. The van der Waals surface area contributed by atoms with Gasteiger partial charge in [-0.3, -0.25) is 0 Å². The van der Waals surface area contributed by atoms with E-state index in [0.717, 1.165) is 12.0 Å². The summed E-state index contributed by atoms with van der Waals surface area (Å²) in [6, 6.07) is 0. The van der Waals surface area contributed by atoms with E-state index in [4.69, 9.17) is 23.7 Å². The van der Waals surface area contributed by atoms with Crippen LogP contribution in [0, 0.1) is 11.8 Å². The van der Waals surface area contributed by atoms with Crippen LogP contribution in [-0.2, 0) is 33.2 Å². The fraction of sp³-hybridized carbons (Fsp3) is 0.850. The van der Waals surface area contributed by atoms with Gasteiger partial charge in [0.1, 0.15) is 6.10 Å². The molecule has 0 aromatic carbocycles. The van der Waals surface area contributed by atoms with Crippen LogP contribution in [0.1, 0.15) is 33.6 Å². The molecule has 0 aromatic rings. The van der Waals surface area contributed by atoms with E-state index in [1.165, 1.54) is 13.2 Å². The normalized spacial score (nSPS) is 39.9. The number of epoxide rings is 1. The first-order chi connectivity index (χ1) is 13.3. The van der Waals surface area contributed by atoms with Gasteiger partial charge in [0.2, 0.25) is 0 Å². The van der Waals surface area contributed by atoms with Gasteiger partial charge in [-0.05, 0) is 26.7 Å². The number of aliphatic hydroxyl groups excluding tert-OH is 1. The maximum absolute atomic E-state index is 11.5. The van der Waals surface area contributed by atoms with E-state index in [1.54, 1.807) is 14.0 Å². The zero-order chi connectivity index (χ0) is 20.4.